The normalized spacial score (nSPS) is 11.6. The summed E-state index contributed by atoms with van der Waals surface area (Å²) in [4.78, 5) is 0. The first-order valence-corrected chi connectivity index (χ1v) is 14.1. The molecular weight excluding hydrogens is 421 g/mol. The van der Waals surface area contributed by atoms with Crippen LogP contribution in [0.3, 0.4) is 0 Å². The predicted octanol–water partition coefficient (Wildman–Crippen LogP) is 7.01. The molecule has 0 unspecified atom stereocenters. The van der Waals surface area contributed by atoms with Crippen molar-refractivity contribution in [2.75, 3.05) is 27.7 Å². The second-order valence-electron chi connectivity index (χ2n) is 11.2. The van der Waals surface area contributed by atoms with Crippen molar-refractivity contribution < 1.29 is 4.48 Å². The zero-order chi connectivity index (χ0) is 25.4. The second kappa shape index (κ2) is 15.6. The van der Waals surface area contributed by atoms with Gasteiger partial charge in [-0.2, -0.15) is 22.7 Å². The maximum Gasteiger partial charge on any atom is 0.0814 e. The summed E-state index contributed by atoms with van der Waals surface area (Å²) in [6.45, 7) is 5.87. The van der Waals surface area contributed by atoms with E-state index in [-0.39, 0.29) is 0 Å². The average Bonchev–Trinajstić information content (AvgIpc) is 2.88. The Morgan fingerprint density at radius 2 is 0.857 bits per heavy atom. The third-order valence-electron chi connectivity index (χ3n) is 7.28. The quantitative estimate of drug-likeness (QED) is 0.143. The molecule has 3 aromatic rings. The van der Waals surface area contributed by atoms with E-state index < -0.39 is 6.15 Å². The van der Waals surface area contributed by atoms with Gasteiger partial charge in [0.05, 0.1) is 33.8 Å². The molecule has 1 nitrogen and oxygen atoms in total. The van der Waals surface area contributed by atoms with Gasteiger partial charge in [0.1, 0.15) is 0 Å². The highest BCUT2D eigenvalue weighted by molar-refractivity contribution is 7.11. The van der Waals surface area contributed by atoms with Crippen LogP contribution in [0.15, 0.2) is 91.0 Å². The molecule has 0 aliphatic carbocycles. The topological polar surface area (TPSA) is 0 Å². The van der Waals surface area contributed by atoms with E-state index >= 15 is 0 Å². The molecule has 0 bridgehead atoms. The van der Waals surface area contributed by atoms with E-state index in [1.807, 2.05) is 0 Å². The molecule has 3 aromatic carbocycles. The fraction of sp³-hybridized carbons (Fsp3) is 0.455. The zero-order valence-electron chi connectivity index (χ0n) is 23.3. The van der Waals surface area contributed by atoms with Crippen LogP contribution in [0.5, 0.6) is 0 Å². The largest absolute Gasteiger partial charge is 0.331 e. The summed E-state index contributed by atoms with van der Waals surface area (Å²) in [5.41, 5.74) is 4.33. The Bertz CT molecular complexity index is 803. The predicted molar refractivity (Wildman–Crippen MR) is 160 cm³/mol. The van der Waals surface area contributed by atoms with Crippen LogP contribution in [0.2, 0.25) is 6.32 Å². The first kappa shape index (κ1) is 28.9. The molecule has 3 rings (SSSR count). The number of quaternary nitrogens is 1. The van der Waals surface area contributed by atoms with Crippen molar-refractivity contribution in [1.82, 2.24) is 0 Å². The molecule has 0 amide bonds. The fourth-order valence-corrected chi connectivity index (χ4v) is 5.30. The lowest BCUT2D eigenvalue weighted by molar-refractivity contribution is -0.870. The van der Waals surface area contributed by atoms with Crippen LogP contribution in [0.4, 0.5) is 0 Å². The molecule has 0 N–H and O–H groups in total. The van der Waals surface area contributed by atoms with Gasteiger partial charge in [-0.3, -0.25) is 0 Å². The van der Waals surface area contributed by atoms with Gasteiger partial charge < -0.3 is 4.48 Å². The smallest absolute Gasteiger partial charge is 0.0814 e. The number of unbranched alkanes of at least 4 members (excludes halogenated alkanes) is 6. The highest BCUT2D eigenvalue weighted by atomic mass is 15.3. The van der Waals surface area contributed by atoms with Crippen molar-refractivity contribution >= 4 is 22.5 Å². The monoisotopic (exact) mass is 471 g/mol. The van der Waals surface area contributed by atoms with Gasteiger partial charge in [-0.15, -0.1) is 0 Å². The lowest BCUT2D eigenvalue weighted by Crippen LogP contribution is -2.66. The van der Waals surface area contributed by atoms with Gasteiger partial charge in [-0.05, 0) is 12.8 Å². The highest BCUT2D eigenvalue weighted by Gasteiger charge is 2.28. The van der Waals surface area contributed by atoms with Crippen molar-refractivity contribution in [1.29, 1.82) is 0 Å². The summed E-state index contributed by atoms with van der Waals surface area (Å²) < 4.78 is 1.12. The van der Waals surface area contributed by atoms with Crippen LogP contribution < -0.4 is 16.4 Å². The van der Waals surface area contributed by atoms with E-state index in [0.29, 0.717) is 0 Å². The Balaban J connectivity index is 0.000000307. The van der Waals surface area contributed by atoms with E-state index in [9.17, 15) is 0 Å². The zero-order valence-corrected chi connectivity index (χ0v) is 23.3. The molecule has 0 radical (unpaired) electrons. The van der Waals surface area contributed by atoms with Crippen molar-refractivity contribution in [3.05, 3.63) is 91.0 Å². The molecule has 0 spiro atoms. The molecule has 0 saturated carbocycles. The third-order valence-corrected chi connectivity index (χ3v) is 7.28. The number of rotatable bonds is 13. The highest BCUT2D eigenvalue weighted by Crippen LogP contribution is 2.16. The summed E-state index contributed by atoms with van der Waals surface area (Å²) in [5, 5.41) is 0. The fourth-order valence-electron chi connectivity index (χ4n) is 5.30. The van der Waals surface area contributed by atoms with Gasteiger partial charge in [0.25, 0.3) is 0 Å². The number of hydrogen-bond donors (Lipinski definition) is 0. The minimum absolute atomic E-state index is 0.913. The minimum atomic E-state index is -0.913. The molecule has 0 atom stereocenters. The molecule has 0 aliphatic heterocycles. The van der Waals surface area contributed by atoms with Crippen molar-refractivity contribution in [3.63, 3.8) is 0 Å². The lowest BCUT2D eigenvalue weighted by Gasteiger charge is -2.43. The van der Waals surface area contributed by atoms with Crippen molar-refractivity contribution in [2.24, 2.45) is 0 Å². The van der Waals surface area contributed by atoms with Gasteiger partial charge in [-0.25, -0.2) is 0 Å². The van der Waals surface area contributed by atoms with Crippen LogP contribution in [-0.4, -0.2) is 38.3 Å². The van der Waals surface area contributed by atoms with E-state index in [4.69, 9.17) is 0 Å². The summed E-state index contributed by atoms with van der Waals surface area (Å²) >= 11 is 0. The second-order valence-corrected chi connectivity index (χ2v) is 11.2. The maximum absolute atomic E-state index is 2.30. The number of nitrogens with zero attached hydrogens (tertiary/aromatic N) is 1. The molecule has 0 saturated heterocycles. The van der Waals surface area contributed by atoms with E-state index in [2.05, 4.69) is 126 Å². The van der Waals surface area contributed by atoms with E-state index in [0.717, 1.165) is 4.48 Å². The van der Waals surface area contributed by atoms with Gasteiger partial charge in [0.2, 0.25) is 0 Å². The van der Waals surface area contributed by atoms with Gasteiger partial charge in [0, 0.05) is 0 Å². The van der Waals surface area contributed by atoms with Crippen LogP contribution in [0, 0.1) is 0 Å². The minimum Gasteiger partial charge on any atom is -0.331 e. The van der Waals surface area contributed by atoms with Gasteiger partial charge >= 0.3 is 0 Å². The van der Waals surface area contributed by atoms with Crippen LogP contribution >= 0.6 is 0 Å². The molecule has 0 aromatic heterocycles. The Morgan fingerprint density at radius 3 is 1.23 bits per heavy atom. The summed E-state index contributed by atoms with van der Waals surface area (Å²) in [5.74, 6) is 0. The standard InChI is InChI=1S/C22H24B.C11H26N/c1-2-3-19-23(20-13-7-4-8-14-20,21-15-9-5-10-16-21)22-17-11-6-12-18-22;1-5-6-7-8-9-10-11-12(2,3)4/h4-18H,2-3,19H2,1H3;5-11H2,1-4H3/q-1;+1. The average molecular weight is 472 g/mol. The Kier molecular flexibility index (Phi) is 12.9. The van der Waals surface area contributed by atoms with Crippen LogP contribution in [0.1, 0.15) is 65.2 Å². The van der Waals surface area contributed by atoms with Crippen molar-refractivity contribution in [3.8, 4) is 0 Å². The lowest BCUT2D eigenvalue weighted by atomic mass is 9.14. The molecule has 0 heterocycles. The van der Waals surface area contributed by atoms with E-state index in [1.54, 1.807) is 0 Å². The number of benzene rings is 3. The molecule has 0 aliphatic rings. The third kappa shape index (κ3) is 9.69. The summed E-state index contributed by atoms with van der Waals surface area (Å²) in [7, 11) is 6.81. The maximum atomic E-state index is 2.30. The SMILES string of the molecule is CCCCCCCC[N+](C)(C)C.CCCC[B-](c1ccccc1)(c1ccccc1)c1ccccc1. The van der Waals surface area contributed by atoms with Gasteiger partial charge in [-0.1, -0.05) is 143 Å². The summed E-state index contributed by atoms with van der Waals surface area (Å²) in [6.07, 6.45) is 11.2. The Hall–Kier alpha value is -2.32. The van der Waals surface area contributed by atoms with Crippen LogP contribution in [0.25, 0.3) is 0 Å². The van der Waals surface area contributed by atoms with Crippen LogP contribution in [-0.2, 0) is 0 Å². The first-order chi connectivity index (χ1) is 16.9. The van der Waals surface area contributed by atoms with Gasteiger partial charge in [0.15, 0.2) is 0 Å². The molecule has 35 heavy (non-hydrogen) atoms. The molecule has 190 valence electrons. The summed E-state index contributed by atoms with van der Waals surface area (Å²) in [6, 6.07) is 33.2. The Morgan fingerprint density at radius 1 is 0.486 bits per heavy atom. The van der Waals surface area contributed by atoms with Crippen molar-refractivity contribution in [2.45, 2.75) is 71.5 Å². The van der Waals surface area contributed by atoms with E-state index in [1.165, 1.54) is 80.6 Å². The number of hydrogen-bond acceptors (Lipinski definition) is 0. The molecule has 2 heteroatoms. The Labute approximate surface area is 217 Å². The molecule has 0 fully saturated rings. The first-order valence-electron chi connectivity index (χ1n) is 14.1. The molecular formula is C33H50BN.